The van der Waals surface area contributed by atoms with Gasteiger partial charge in [-0.1, -0.05) is 6.92 Å². The van der Waals surface area contributed by atoms with Gasteiger partial charge in [0, 0.05) is 36.5 Å². The first-order valence-electron chi connectivity index (χ1n) is 12.1. The minimum atomic E-state index is -0.272. The van der Waals surface area contributed by atoms with E-state index >= 15 is 0 Å². The van der Waals surface area contributed by atoms with Gasteiger partial charge in [0.2, 0.25) is 6.79 Å². The van der Waals surface area contributed by atoms with E-state index in [0.717, 1.165) is 36.5 Å². The highest BCUT2D eigenvalue weighted by molar-refractivity contribution is 6.05. The van der Waals surface area contributed by atoms with Gasteiger partial charge in [-0.2, -0.15) is 5.10 Å². The number of nitrogens with zero attached hydrogens (tertiary/aromatic N) is 3. The maximum atomic E-state index is 12.9. The van der Waals surface area contributed by atoms with Crippen LogP contribution in [0.1, 0.15) is 46.0 Å². The second-order valence-corrected chi connectivity index (χ2v) is 9.14. The Hall–Kier alpha value is -3.79. The van der Waals surface area contributed by atoms with Gasteiger partial charge in [-0.25, -0.2) is 0 Å². The van der Waals surface area contributed by atoms with Gasteiger partial charge in [-0.05, 0) is 56.6 Å². The van der Waals surface area contributed by atoms with Crippen molar-refractivity contribution in [3.63, 3.8) is 0 Å². The lowest BCUT2D eigenvalue weighted by Crippen LogP contribution is -2.39. The highest BCUT2D eigenvalue weighted by atomic mass is 16.7. The van der Waals surface area contributed by atoms with Crippen molar-refractivity contribution in [2.45, 2.75) is 38.8 Å². The first-order chi connectivity index (χ1) is 17.1. The van der Waals surface area contributed by atoms with E-state index in [2.05, 4.69) is 37.2 Å². The summed E-state index contributed by atoms with van der Waals surface area (Å²) in [6.07, 6.45) is 4.90. The number of likely N-dealkylation sites (N-methyl/N-ethyl adjacent to an activating group) is 1. The number of anilines is 1. The van der Waals surface area contributed by atoms with Crippen molar-refractivity contribution in [2.24, 2.45) is 0 Å². The van der Waals surface area contributed by atoms with Gasteiger partial charge in [0.05, 0.1) is 17.0 Å². The van der Waals surface area contributed by atoms with Crippen molar-refractivity contribution < 1.29 is 19.1 Å². The van der Waals surface area contributed by atoms with Crippen molar-refractivity contribution in [2.75, 3.05) is 31.7 Å². The summed E-state index contributed by atoms with van der Waals surface area (Å²) in [5.41, 5.74) is 3.75. The third-order valence-electron chi connectivity index (χ3n) is 7.15. The van der Waals surface area contributed by atoms with E-state index in [1.54, 1.807) is 18.2 Å². The van der Waals surface area contributed by atoms with Gasteiger partial charge in [0.25, 0.3) is 11.8 Å². The summed E-state index contributed by atoms with van der Waals surface area (Å²) < 4.78 is 12.7. The van der Waals surface area contributed by atoms with Gasteiger partial charge in [-0.15, -0.1) is 0 Å². The number of aromatic amines is 1. The molecule has 3 aromatic rings. The standard InChI is InChI=1S/C25H28N6O4/c1-2-30-8-3-4-17(30)12-26-24(32)16-10-19-22-18(7-9-31(19)13-16)23(29-28-22)27-25(33)15-5-6-20-21(11-15)35-14-34-20/h5-6,10-11,13,17H,2-4,7-9,12,14H2,1H3,(H,26,32)(H2,27,28,29,33). The molecule has 6 rings (SSSR count). The Balaban J connectivity index is 1.16. The molecule has 10 nitrogen and oxygen atoms in total. The molecule has 1 unspecified atom stereocenters. The number of amides is 2. The van der Waals surface area contributed by atoms with Crippen molar-refractivity contribution in [1.82, 2.24) is 25.0 Å². The Morgan fingerprint density at radius 2 is 2.03 bits per heavy atom. The summed E-state index contributed by atoms with van der Waals surface area (Å²) >= 11 is 0. The molecule has 0 bridgehead atoms. The number of nitrogens with one attached hydrogen (secondary N) is 3. The molecule has 1 atom stereocenters. The predicted octanol–water partition coefficient (Wildman–Crippen LogP) is 2.63. The molecule has 5 heterocycles. The Labute approximate surface area is 202 Å². The Kier molecular flexibility index (Phi) is 5.44. The first-order valence-corrected chi connectivity index (χ1v) is 12.1. The SMILES string of the molecule is CCN1CCCC1CNC(=O)c1cc2n(c1)CCc1c(NC(=O)c3ccc4c(c3)OCO4)n[nH]c1-2. The highest BCUT2D eigenvalue weighted by Crippen LogP contribution is 2.35. The lowest BCUT2D eigenvalue weighted by molar-refractivity contribution is 0.0940. The number of H-pyrrole nitrogens is 1. The molecule has 0 radical (unpaired) electrons. The number of benzene rings is 1. The first kappa shape index (κ1) is 21.7. The third kappa shape index (κ3) is 3.93. The van der Waals surface area contributed by atoms with Crippen LogP contribution in [0.15, 0.2) is 30.5 Å². The van der Waals surface area contributed by atoms with Gasteiger partial charge in [0.15, 0.2) is 17.3 Å². The molecule has 1 fully saturated rings. The van der Waals surface area contributed by atoms with E-state index in [0.29, 0.717) is 54.0 Å². The molecule has 2 aromatic heterocycles. The Morgan fingerprint density at radius 1 is 1.14 bits per heavy atom. The Morgan fingerprint density at radius 3 is 2.91 bits per heavy atom. The second kappa shape index (κ2) is 8.77. The monoisotopic (exact) mass is 476 g/mol. The largest absolute Gasteiger partial charge is 0.454 e. The van der Waals surface area contributed by atoms with Gasteiger partial charge >= 0.3 is 0 Å². The zero-order chi connectivity index (χ0) is 23.9. The van der Waals surface area contributed by atoms with Crippen molar-refractivity contribution in [3.8, 4) is 22.9 Å². The molecule has 10 heteroatoms. The van der Waals surface area contributed by atoms with Crippen LogP contribution in [-0.4, -0.2) is 63.9 Å². The average Bonchev–Trinajstić information content (AvgIpc) is 3.66. The molecular formula is C25H28N6O4. The van der Waals surface area contributed by atoms with Crippen LogP contribution < -0.4 is 20.1 Å². The quantitative estimate of drug-likeness (QED) is 0.504. The van der Waals surface area contributed by atoms with Crippen LogP contribution in [0.25, 0.3) is 11.4 Å². The smallest absolute Gasteiger partial charge is 0.257 e. The third-order valence-corrected chi connectivity index (χ3v) is 7.15. The van der Waals surface area contributed by atoms with Gasteiger partial charge in [0.1, 0.15) is 0 Å². The van der Waals surface area contributed by atoms with E-state index in [9.17, 15) is 9.59 Å². The van der Waals surface area contributed by atoms with Crippen molar-refractivity contribution in [1.29, 1.82) is 0 Å². The summed E-state index contributed by atoms with van der Waals surface area (Å²) in [6.45, 7) is 5.80. The number of rotatable bonds is 6. The maximum Gasteiger partial charge on any atom is 0.257 e. The summed E-state index contributed by atoms with van der Waals surface area (Å²) in [4.78, 5) is 28.1. The number of fused-ring (bicyclic) bond motifs is 4. The molecule has 3 N–H and O–H groups in total. The molecular weight excluding hydrogens is 448 g/mol. The van der Waals surface area contributed by atoms with Crippen LogP contribution >= 0.6 is 0 Å². The van der Waals surface area contributed by atoms with Crippen LogP contribution in [0.4, 0.5) is 5.82 Å². The number of likely N-dealkylation sites (tertiary alicyclic amines) is 1. The number of aryl methyl sites for hydroxylation is 1. The summed E-state index contributed by atoms with van der Waals surface area (Å²) in [5.74, 6) is 1.35. The number of hydrogen-bond donors (Lipinski definition) is 3. The van der Waals surface area contributed by atoms with Crippen LogP contribution in [0, 0.1) is 0 Å². The molecule has 182 valence electrons. The fraction of sp³-hybridized carbons (Fsp3) is 0.400. The van der Waals surface area contributed by atoms with E-state index in [4.69, 9.17) is 9.47 Å². The fourth-order valence-corrected chi connectivity index (χ4v) is 5.26. The zero-order valence-electron chi connectivity index (χ0n) is 19.6. The van der Waals surface area contributed by atoms with Gasteiger partial charge < -0.3 is 24.7 Å². The van der Waals surface area contributed by atoms with Gasteiger partial charge in [-0.3, -0.25) is 19.6 Å². The van der Waals surface area contributed by atoms with E-state index in [1.807, 2.05) is 12.3 Å². The van der Waals surface area contributed by atoms with Crippen LogP contribution in [0.2, 0.25) is 0 Å². The fourth-order valence-electron chi connectivity index (χ4n) is 5.26. The normalized spacial score (nSPS) is 18.3. The number of ether oxygens (including phenoxy) is 2. The van der Waals surface area contributed by atoms with E-state index in [-0.39, 0.29) is 18.6 Å². The molecule has 1 saturated heterocycles. The topological polar surface area (TPSA) is 114 Å². The van der Waals surface area contributed by atoms with Crippen LogP contribution in [-0.2, 0) is 13.0 Å². The van der Waals surface area contributed by atoms with Crippen LogP contribution in [0.5, 0.6) is 11.5 Å². The molecule has 0 saturated carbocycles. The average molecular weight is 477 g/mol. The van der Waals surface area contributed by atoms with E-state index < -0.39 is 0 Å². The molecule has 35 heavy (non-hydrogen) atoms. The number of aromatic nitrogens is 3. The maximum absolute atomic E-state index is 12.9. The number of carbonyl (C=O) groups excluding carboxylic acids is 2. The summed E-state index contributed by atoms with van der Waals surface area (Å²) in [5, 5.41) is 13.4. The predicted molar refractivity (Wildman–Crippen MR) is 129 cm³/mol. The lowest BCUT2D eigenvalue weighted by atomic mass is 10.1. The highest BCUT2D eigenvalue weighted by Gasteiger charge is 2.27. The van der Waals surface area contributed by atoms with E-state index in [1.165, 1.54) is 6.42 Å². The van der Waals surface area contributed by atoms with Crippen LogP contribution in [0.3, 0.4) is 0 Å². The molecule has 3 aliphatic heterocycles. The number of carbonyl (C=O) groups is 2. The Bertz CT molecular complexity index is 1300. The van der Waals surface area contributed by atoms with Crippen molar-refractivity contribution >= 4 is 17.6 Å². The molecule has 3 aliphatic rings. The second-order valence-electron chi connectivity index (χ2n) is 9.14. The molecule has 0 aliphatic carbocycles. The minimum absolute atomic E-state index is 0.0627. The zero-order valence-corrected chi connectivity index (χ0v) is 19.6. The summed E-state index contributed by atoms with van der Waals surface area (Å²) in [6, 6.07) is 7.39. The van der Waals surface area contributed by atoms with Crippen molar-refractivity contribution in [3.05, 3.63) is 47.2 Å². The lowest BCUT2D eigenvalue weighted by Gasteiger charge is -2.22. The molecule has 0 spiro atoms. The molecule has 1 aromatic carbocycles. The minimum Gasteiger partial charge on any atom is -0.454 e. The summed E-state index contributed by atoms with van der Waals surface area (Å²) in [7, 11) is 0. The number of hydrogen-bond acceptors (Lipinski definition) is 6. The molecule has 2 amide bonds.